The van der Waals surface area contributed by atoms with E-state index in [0.717, 1.165) is 24.3 Å². The van der Waals surface area contributed by atoms with Crippen molar-refractivity contribution in [2.45, 2.75) is 13.1 Å². The van der Waals surface area contributed by atoms with Gasteiger partial charge < -0.3 is 14.4 Å². The summed E-state index contributed by atoms with van der Waals surface area (Å²) < 4.78 is 47.5. The lowest BCUT2D eigenvalue weighted by molar-refractivity contribution is -0.141. The molecule has 0 N–H and O–H groups in total. The predicted octanol–water partition coefficient (Wildman–Crippen LogP) is 3.05. The highest BCUT2D eigenvalue weighted by Crippen LogP contribution is 2.30. The molecule has 0 saturated heterocycles. The summed E-state index contributed by atoms with van der Waals surface area (Å²) in [6.45, 7) is 1.81. The highest BCUT2D eigenvalue weighted by Gasteiger charge is 2.30. The lowest BCUT2D eigenvalue weighted by Gasteiger charge is -2.13. The van der Waals surface area contributed by atoms with E-state index >= 15 is 0 Å². The summed E-state index contributed by atoms with van der Waals surface area (Å²) in [6.07, 6.45) is -3.03. The molecule has 0 aromatic heterocycles. The van der Waals surface area contributed by atoms with Crippen molar-refractivity contribution in [3.8, 4) is 5.75 Å². The van der Waals surface area contributed by atoms with Gasteiger partial charge in [0.15, 0.2) is 0 Å². The van der Waals surface area contributed by atoms with Gasteiger partial charge in [-0.3, -0.25) is 0 Å². The maximum Gasteiger partial charge on any atom is 0.416 e. The number of ether oxygens (including phenoxy) is 2. The monoisotopic (exact) mass is 303 g/mol. The fraction of sp³-hybridized carbons (Fsp3) is 0.357. The van der Waals surface area contributed by atoms with E-state index in [0.29, 0.717) is 0 Å². The number of carbonyl (C=O) groups excluding carboxylic acids is 1. The minimum atomic E-state index is -4.41. The minimum Gasteiger partial charge on any atom is -0.460 e. The van der Waals surface area contributed by atoms with Crippen molar-refractivity contribution < 1.29 is 27.4 Å². The number of hydrogen-bond donors (Lipinski definition) is 0. The van der Waals surface area contributed by atoms with Crippen molar-refractivity contribution in [2.24, 2.45) is 0 Å². The Morgan fingerprint density at radius 3 is 2.24 bits per heavy atom. The van der Waals surface area contributed by atoms with E-state index in [-0.39, 0.29) is 18.1 Å². The molecule has 0 aliphatic heterocycles. The van der Waals surface area contributed by atoms with Gasteiger partial charge in [0.2, 0.25) is 5.76 Å². The Hall–Kier alpha value is -2.18. The molecule has 116 valence electrons. The Morgan fingerprint density at radius 1 is 1.24 bits per heavy atom. The van der Waals surface area contributed by atoms with E-state index in [1.54, 1.807) is 25.9 Å². The van der Waals surface area contributed by atoms with E-state index in [4.69, 9.17) is 9.47 Å². The second-order valence-corrected chi connectivity index (χ2v) is 4.30. The average Bonchev–Trinajstić information content (AvgIpc) is 2.37. The molecule has 1 aromatic carbocycles. The molecular weight excluding hydrogens is 287 g/mol. The van der Waals surface area contributed by atoms with Gasteiger partial charge in [-0.25, -0.2) is 4.79 Å². The average molecular weight is 303 g/mol. The molecular formula is C14H16F3NO3. The lowest BCUT2D eigenvalue weighted by atomic mass is 10.2. The largest absolute Gasteiger partial charge is 0.460 e. The van der Waals surface area contributed by atoms with Crippen LogP contribution in [0.2, 0.25) is 0 Å². The summed E-state index contributed by atoms with van der Waals surface area (Å²) in [5.74, 6) is -0.683. The maximum atomic E-state index is 12.4. The molecule has 0 bridgehead atoms. The van der Waals surface area contributed by atoms with Gasteiger partial charge in [0.25, 0.3) is 0 Å². The molecule has 0 amide bonds. The summed E-state index contributed by atoms with van der Waals surface area (Å²) in [4.78, 5) is 13.3. The topological polar surface area (TPSA) is 38.8 Å². The molecule has 0 radical (unpaired) electrons. The molecule has 0 aliphatic carbocycles. The zero-order chi connectivity index (χ0) is 16.0. The zero-order valence-electron chi connectivity index (χ0n) is 11.9. The van der Waals surface area contributed by atoms with Gasteiger partial charge in [-0.2, -0.15) is 13.2 Å². The first kappa shape index (κ1) is 16.9. The first-order valence-corrected chi connectivity index (χ1v) is 6.14. The van der Waals surface area contributed by atoms with Crippen molar-refractivity contribution in [1.82, 2.24) is 4.90 Å². The van der Waals surface area contributed by atoms with Crippen LogP contribution >= 0.6 is 0 Å². The molecule has 0 saturated carbocycles. The van der Waals surface area contributed by atoms with E-state index in [1.807, 2.05) is 0 Å². The van der Waals surface area contributed by atoms with Crippen molar-refractivity contribution in [2.75, 3.05) is 20.7 Å². The van der Waals surface area contributed by atoms with Crippen molar-refractivity contribution in [3.63, 3.8) is 0 Å². The predicted molar refractivity (Wildman–Crippen MR) is 70.5 cm³/mol. The number of esters is 1. The quantitative estimate of drug-likeness (QED) is 0.476. The number of halogens is 3. The zero-order valence-corrected chi connectivity index (χ0v) is 11.9. The Kier molecular flexibility index (Phi) is 5.63. The standard InChI is InChI=1S/C14H16F3NO3/c1-4-20-13(19)12(9-18(2)3)21-11-7-5-10(6-8-11)14(15,16)17/h5-9H,4H2,1-3H3/b12-9+. The molecule has 21 heavy (non-hydrogen) atoms. The SMILES string of the molecule is CCOC(=O)/C(=C\N(C)C)Oc1ccc(C(F)(F)F)cc1. The van der Waals surface area contributed by atoms with E-state index < -0.39 is 17.7 Å². The third-order valence-electron chi connectivity index (χ3n) is 2.26. The Balaban J connectivity index is 2.92. The van der Waals surface area contributed by atoms with Gasteiger partial charge in [0.1, 0.15) is 5.75 Å². The summed E-state index contributed by atoms with van der Waals surface area (Å²) in [5.41, 5.74) is -0.788. The maximum absolute atomic E-state index is 12.4. The van der Waals surface area contributed by atoms with E-state index in [1.165, 1.54) is 6.20 Å². The molecule has 0 spiro atoms. The van der Waals surface area contributed by atoms with Crippen LogP contribution in [0.5, 0.6) is 5.75 Å². The second kappa shape index (κ2) is 7.01. The number of nitrogens with zero attached hydrogens (tertiary/aromatic N) is 1. The fourth-order valence-electron chi connectivity index (χ4n) is 1.40. The number of benzene rings is 1. The number of carbonyl (C=O) groups is 1. The minimum absolute atomic E-state index is 0.110. The lowest BCUT2D eigenvalue weighted by Crippen LogP contribution is -2.16. The highest BCUT2D eigenvalue weighted by molar-refractivity contribution is 5.86. The summed E-state index contributed by atoms with van der Waals surface area (Å²) in [7, 11) is 3.35. The molecule has 0 heterocycles. The van der Waals surface area contributed by atoms with Gasteiger partial charge in [0, 0.05) is 20.3 Å². The molecule has 1 rings (SSSR count). The van der Waals surface area contributed by atoms with Crippen LogP contribution in [-0.4, -0.2) is 31.6 Å². The van der Waals surface area contributed by atoms with Crippen LogP contribution in [0, 0.1) is 0 Å². The van der Waals surface area contributed by atoms with Crippen LogP contribution in [0.15, 0.2) is 36.2 Å². The van der Waals surface area contributed by atoms with E-state index in [2.05, 4.69) is 0 Å². The molecule has 7 heteroatoms. The Bertz CT molecular complexity index is 507. The van der Waals surface area contributed by atoms with Crippen LogP contribution in [0.3, 0.4) is 0 Å². The number of alkyl halides is 3. The van der Waals surface area contributed by atoms with Gasteiger partial charge in [-0.1, -0.05) is 0 Å². The number of rotatable bonds is 5. The van der Waals surface area contributed by atoms with Crippen LogP contribution in [-0.2, 0) is 15.7 Å². The van der Waals surface area contributed by atoms with Crippen molar-refractivity contribution >= 4 is 5.97 Å². The first-order valence-electron chi connectivity index (χ1n) is 6.14. The van der Waals surface area contributed by atoms with Gasteiger partial charge in [-0.05, 0) is 31.2 Å². The third kappa shape index (κ3) is 5.37. The molecule has 0 atom stereocenters. The van der Waals surface area contributed by atoms with Crippen LogP contribution in [0.4, 0.5) is 13.2 Å². The summed E-state index contributed by atoms with van der Waals surface area (Å²) in [5, 5.41) is 0. The van der Waals surface area contributed by atoms with Gasteiger partial charge in [-0.15, -0.1) is 0 Å². The van der Waals surface area contributed by atoms with Gasteiger partial charge in [0.05, 0.1) is 12.2 Å². The summed E-state index contributed by atoms with van der Waals surface area (Å²) in [6, 6.07) is 4.05. The fourth-order valence-corrected chi connectivity index (χ4v) is 1.40. The van der Waals surface area contributed by atoms with Crippen molar-refractivity contribution in [1.29, 1.82) is 0 Å². The Labute approximate surface area is 120 Å². The van der Waals surface area contributed by atoms with Crippen LogP contribution in [0.1, 0.15) is 12.5 Å². The molecule has 4 nitrogen and oxygen atoms in total. The molecule has 1 aromatic rings. The van der Waals surface area contributed by atoms with Crippen LogP contribution < -0.4 is 4.74 Å². The molecule has 0 fully saturated rings. The second-order valence-electron chi connectivity index (χ2n) is 4.30. The highest BCUT2D eigenvalue weighted by atomic mass is 19.4. The van der Waals surface area contributed by atoms with Gasteiger partial charge >= 0.3 is 12.1 Å². The first-order chi connectivity index (χ1) is 9.74. The summed E-state index contributed by atoms with van der Waals surface area (Å²) >= 11 is 0. The number of hydrogen-bond acceptors (Lipinski definition) is 4. The van der Waals surface area contributed by atoms with E-state index in [9.17, 15) is 18.0 Å². The normalized spacial score (nSPS) is 12.0. The molecule has 0 aliphatic rings. The Morgan fingerprint density at radius 2 is 1.81 bits per heavy atom. The van der Waals surface area contributed by atoms with Crippen LogP contribution in [0.25, 0.3) is 0 Å². The van der Waals surface area contributed by atoms with Crippen molar-refractivity contribution in [3.05, 3.63) is 41.8 Å². The smallest absolute Gasteiger partial charge is 0.416 e. The third-order valence-corrected chi connectivity index (χ3v) is 2.26. The molecule has 0 unspecified atom stereocenters.